The van der Waals surface area contributed by atoms with Gasteiger partial charge in [-0.05, 0) is 37.0 Å². The van der Waals surface area contributed by atoms with Crippen LogP contribution >= 0.6 is 0 Å². The number of hydrogen-bond acceptors (Lipinski definition) is 1. The Hall–Kier alpha value is -0.0400. The van der Waals surface area contributed by atoms with Gasteiger partial charge in [-0.1, -0.05) is 33.6 Å². The van der Waals surface area contributed by atoms with Crippen molar-refractivity contribution in [1.82, 2.24) is 5.32 Å². The largest absolute Gasteiger partial charge is 0.311 e. The molecule has 0 aliphatic heterocycles. The van der Waals surface area contributed by atoms with Crippen molar-refractivity contribution in [3.63, 3.8) is 0 Å². The monoisotopic (exact) mass is 195 g/mol. The summed E-state index contributed by atoms with van der Waals surface area (Å²) in [4.78, 5) is 0. The predicted octanol–water partition coefficient (Wildman–Crippen LogP) is 3.34. The van der Waals surface area contributed by atoms with Crippen LogP contribution in [0.1, 0.15) is 59.3 Å². The molecule has 2 saturated carbocycles. The topological polar surface area (TPSA) is 12.0 Å². The van der Waals surface area contributed by atoms with Crippen LogP contribution < -0.4 is 5.32 Å². The van der Waals surface area contributed by atoms with Gasteiger partial charge in [0.05, 0.1) is 0 Å². The summed E-state index contributed by atoms with van der Waals surface area (Å²) in [7, 11) is 0. The highest BCUT2D eigenvalue weighted by Gasteiger charge is 2.46. The van der Waals surface area contributed by atoms with Crippen LogP contribution in [0, 0.1) is 11.3 Å². The Morgan fingerprint density at radius 3 is 2.43 bits per heavy atom. The smallest absolute Gasteiger partial charge is 0.0127 e. The van der Waals surface area contributed by atoms with Crippen LogP contribution in [0.25, 0.3) is 0 Å². The fraction of sp³-hybridized carbons (Fsp3) is 1.00. The molecule has 0 aromatic rings. The molecule has 1 N–H and O–H groups in total. The first kappa shape index (κ1) is 10.5. The van der Waals surface area contributed by atoms with Crippen LogP contribution in [0.2, 0.25) is 0 Å². The molecule has 3 atom stereocenters. The summed E-state index contributed by atoms with van der Waals surface area (Å²) in [5.41, 5.74) is 0.595. The second-order valence-corrected chi connectivity index (χ2v) is 6.22. The maximum Gasteiger partial charge on any atom is 0.0127 e. The second-order valence-electron chi connectivity index (χ2n) is 6.22. The Kier molecular flexibility index (Phi) is 2.88. The summed E-state index contributed by atoms with van der Waals surface area (Å²) in [5, 5.41) is 3.84. The Labute approximate surface area is 88.7 Å². The molecule has 0 spiro atoms. The van der Waals surface area contributed by atoms with Gasteiger partial charge in [0.25, 0.3) is 0 Å². The summed E-state index contributed by atoms with van der Waals surface area (Å²) >= 11 is 0. The van der Waals surface area contributed by atoms with Crippen LogP contribution in [-0.2, 0) is 0 Å². The van der Waals surface area contributed by atoms with Crippen molar-refractivity contribution < 1.29 is 0 Å². The van der Waals surface area contributed by atoms with E-state index in [4.69, 9.17) is 0 Å². The lowest BCUT2D eigenvalue weighted by molar-refractivity contribution is 0.416. The molecular weight excluding hydrogens is 170 g/mol. The molecule has 0 aromatic heterocycles. The minimum absolute atomic E-state index is 0.595. The van der Waals surface area contributed by atoms with Crippen molar-refractivity contribution in [3.8, 4) is 0 Å². The highest BCUT2D eigenvalue weighted by Crippen LogP contribution is 2.45. The van der Waals surface area contributed by atoms with E-state index in [2.05, 4.69) is 26.1 Å². The molecule has 2 rings (SSSR count). The van der Waals surface area contributed by atoms with Crippen LogP contribution in [0.5, 0.6) is 0 Å². The first-order chi connectivity index (χ1) is 6.58. The van der Waals surface area contributed by atoms with Gasteiger partial charge in [-0.2, -0.15) is 0 Å². The van der Waals surface area contributed by atoms with Crippen molar-refractivity contribution >= 4 is 0 Å². The molecule has 0 radical (unpaired) electrons. The first-order valence-electron chi connectivity index (χ1n) is 6.34. The van der Waals surface area contributed by atoms with E-state index < -0.39 is 0 Å². The van der Waals surface area contributed by atoms with Gasteiger partial charge in [0, 0.05) is 12.1 Å². The molecule has 0 amide bonds. The van der Waals surface area contributed by atoms with Gasteiger partial charge in [0.15, 0.2) is 0 Å². The molecule has 1 heteroatoms. The van der Waals surface area contributed by atoms with E-state index >= 15 is 0 Å². The predicted molar refractivity (Wildman–Crippen MR) is 61.4 cm³/mol. The lowest BCUT2D eigenvalue weighted by Crippen LogP contribution is -2.32. The van der Waals surface area contributed by atoms with E-state index in [1.807, 2.05) is 0 Å². The fourth-order valence-electron chi connectivity index (χ4n) is 2.69. The van der Waals surface area contributed by atoms with Crippen molar-refractivity contribution in [2.24, 2.45) is 11.3 Å². The van der Waals surface area contributed by atoms with E-state index in [0.717, 1.165) is 18.0 Å². The average Bonchev–Trinajstić information content (AvgIpc) is 2.74. The van der Waals surface area contributed by atoms with Crippen molar-refractivity contribution in [1.29, 1.82) is 0 Å². The zero-order valence-corrected chi connectivity index (χ0v) is 9.97. The molecule has 0 aromatic carbocycles. The first-order valence-corrected chi connectivity index (χ1v) is 6.34. The van der Waals surface area contributed by atoms with Gasteiger partial charge >= 0.3 is 0 Å². The molecular formula is C13H25N. The molecule has 82 valence electrons. The molecule has 3 unspecified atom stereocenters. The Morgan fingerprint density at radius 2 is 1.79 bits per heavy atom. The van der Waals surface area contributed by atoms with Gasteiger partial charge in [-0.25, -0.2) is 0 Å². The summed E-state index contributed by atoms with van der Waals surface area (Å²) in [5.74, 6) is 0.967. The zero-order valence-electron chi connectivity index (χ0n) is 9.97. The third-order valence-corrected chi connectivity index (χ3v) is 4.21. The normalized spacial score (nSPS) is 41.8. The maximum absolute atomic E-state index is 3.84. The Morgan fingerprint density at radius 1 is 1.07 bits per heavy atom. The third kappa shape index (κ3) is 2.50. The van der Waals surface area contributed by atoms with Gasteiger partial charge in [0.2, 0.25) is 0 Å². The Bertz CT molecular complexity index is 197. The molecule has 2 aliphatic rings. The molecule has 0 bridgehead atoms. The van der Waals surface area contributed by atoms with Crippen LogP contribution in [0.15, 0.2) is 0 Å². The molecule has 0 heterocycles. The zero-order chi connectivity index (χ0) is 10.2. The average molecular weight is 195 g/mol. The third-order valence-electron chi connectivity index (χ3n) is 4.21. The summed E-state index contributed by atoms with van der Waals surface area (Å²) < 4.78 is 0. The standard InChI is InChI=1S/C13H25N/c1-10-5-4-6-11(8-7-10)14-12-9-13(12,2)3/h10-12,14H,4-9H2,1-3H3. The number of rotatable bonds is 2. The van der Waals surface area contributed by atoms with Gasteiger partial charge in [-0.3, -0.25) is 0 Å². The van der Waals surface area contributed by atoms with Crippen LogP contribution in [-0.4, -0.2) is 12.1 Å². The quantitative estimate of drug-likeness (QED) is 0.666. The van der Waals surface area contributed by atoms with E-state index in [0.29, 0.717) is 5.41 Å². The number of nitrogens with one attached hydrogen (secondary N) is 1. The lowest BCUT2D eigenvalue weighted by atomic mass is 10.0. The molecule has 1 nitrogen and oxygen atoms in total. The molecule has 2 aliphatic carbocycles. The summed E-state index contributed by atoms with van der Waals surface area (Å²) in [6.07, 6.45) is 8.53. The minimum atomic E-state index is 0.595. The second kappa shape index (κ2) is 3.84. The fourth-order valence-corrected chi connectivity index (χ4v) is 2.69. The van der Waals surface area contributed by atoms with Crippen LogP contribution in [0.3, 0.4) is 0 Å². The Balaban J connectivity index is 1.76. The number of hydrogen-bond donors (Lipinski definition) is 1. The van der Waals surface area contributed by atoms with E-state index in [1.54, 1.807) is 0 Å². The van der Waals surface area contributed by atoms with Gasteiger partial charge in [-0.15, -0.1) is 0 Å². The minimum Gasteiger partial charge on any atom is -0.311 e. The van der Waals surface area contributed by atoms with Crippen molar-refractivity contribution in [2.75, 3.05) is 0 Å². The van der Waals surface area contributed by atoms with Gasteiger partial charge in [0.1, 0.15) is 0 Å². The summed E-state index contributed by atoms with van der Waals surface area (Å²) in [6, 6.07) is 1.65. The SMILES string of the molecule is CC1CCCC(NC2CC2(C)C)CC1. The van der Waals surface area contributed by atoms with Gasteiger partial charge < -0.3 is 5.32 Å². The van der Waals surface area contributed by atoms with E-state index in [9.17, 15) is 0 Å². The molecule has 14 heavy (non-hydrogen) atoms. The highest BCUT2D eigenvalue weighted by atomic mass is 15.0. The maximum atomic E-state index is 3.84. The molecule has 2 fully saturated rings. The lowest BCUT2D eigenvalue weighted by Gasteiger charge is -2.17. The van der Waals surface area contributed by atoms with Crippen molar-refractivity contribution in [3.05, 3.63) is 0 Å². The van der Waals surface area contributed by atoms with E-state index in [1.165, 1.54) is 38.5 Å². The summed E-state index contributed by atoms with van der Waals surface area (Å²) in [6.45, 7) is 7.16. The van der Waals surface area contributed by atoms with E-state index in [-0.39, 0.29) is 0 Å². The highest BCUT2D eigenvalue weighted by molar-refractivity contribution is 5.02. The molecule has 0 saturated heterocycles. The van der Waals surface area contributed by atoms with Crippen molar-refractivity contribution in [2.45, 2.75) is 71.4 Å². The van der Waals surface area contributed by atoms with Crippen LogP contribution in [0.4, 0.5) is 0 Å².